The molecule has 1 aliphatic heterocycles. The number of amides is 1. The molecule has 4 nitrogen and oxygen atoms in total. The second-order valence-corrected chi connectivity index (χ2v) is 5.28. The van der Waals surface area contributed by atoms with E-state index in [1.807, 2.05) is 7.05 Å². The number of carbonyl (C=O) groups excluding carboxylic acids is 1. The quantitative estimate of drug-likeness (QED) is 0.782. The van der Waals surface area contributed by atoms with Gasteiger partial charge in [-0.25, -0.2) is 4.39 Å². The van der Waals surface area contributed by atoms with Crippen LogP contribution in [0.1, 0.15) is 22.8 Å². The van der Waals surface area contributed by atoms with Crippen molar-refractivity contribution in [3.63, 3.8) is 0 Å². The number of halogens is 1. The van der Waals surface area contributed by atoms with E-state index in [0.29, 0.717) is 24.7 Å². The average Bonchev–Trinajstić information content (AvgIpc) is 2.48. The Hall–Kier alpha value is -1.90. The third-order valence-electron chi connectivity index (χ3n) is 3.79. The minimum absolute atomic E-state index is 0.132. The van der Waals surface area contributed by atoms with Crippen LogP contribution in [0.2, 0.25) is 0 Å². The van der Waals surface area contributed by atoms with Gasteiger partial charge in [0.05, 0.1) is 12.1 Å². The van der Waals surface area contributed by atoms with Gasteiger partial charge in [-0.05, 0) is 32.2 Å². The van der Waals surface area contributed by atoms with E-state index in [9.17, 15) is 9.18 Å². The number of benzene rings is 1. The van der Waals surface area contributed by atoms with Crippen molar-refractivity contribution in [2.45, 2.75) is 13.0 Å². The predicted octanol–water partition coefficient (Wildman–Crippen LogP) is 0.912. The Labute approximate surface area is 124 Å². The van der Waals surface area contributed by atoms with Crippen molar-refractivity contribution in [3.05, 3.63) is 35.1 Å². The molecular weight excluding hydrogens is 269 g/mol. The minimum atomic E-state index is -0.482. The maximum Gasteiger partial charge on any atom is 0.254 e. The molecule has 1 atom stereocenters. The molecule has 21 heavy (non-hydrogen) atoms. The van der Waals surface area contributed by atoms with E-state index >= 15 is 0 Å². The van der Waals surface area contributed by atoms with Gasteiger partial charge in [0.2, 0.25) is 0 Å². The third-order valence-corrected chi connectivity index (χ3v) is 3.79. The summed E-state index contributed by atoms with van der Waals surface area (Å²) in [6, 6.07) is 4.72. The molecule has 1 aromatic rings. The zero-order valence-electron chi connectivity index (χ0n) is 12.4. The monoisotopic (exact) mass is 289 g/mol. The zero-order chi connectivity index (χ0) is 15.4. The number of hydrogen-bond donors (Lipinski definition) is 1. The smallest absolute Gasteiger partial charge is 0.254 e. The normalized spacial score (nSPS) is 19.0. The van der Waals surface area contributed by atoms with Crippen LogP contribution in [0, 0.1) is 17.7 Å². The lowest BCUT2D eigenvalue weighted by molar-refractivity contribution is 0.0572. The highest BCUT2D eigenvalue weighted by Gasteiger charge is 2.25. The topological polar surface area (TPSA) is 49.6 Å². The number of nitrogens with two attached hydrogens (primary N) is 1. The number of carbonyl (C=O) groups is 1. The van der Waals surface area contributed by atoms with E-state index < -0.39 is 5.82 Å². The van der Waals surface area contributed by atoms with Crippen molar-refractivity contribution in [2.24, 2.45) is 5.73 Å². The molecule has 1 amide bonds. The fraction of sp³-hybridized carbons (Fsp3) is 0.438. The Morgan fingerprint density at radius 1 is 1.48 bits per heavy atom. The van der Waals surface area contributed by atoms with E-state index in [-0.39, 0.29) is 18.0 Å². The maximum absolute atomic E-state index is 13.9. The summed E-state index contributed by atoms with van der Waals surface area (Å²) in [5, 5.41) is 0. The summed E-state index contributed by atoms with van der Waals surface area (Å²) >= 11 is 0. The number of nitrogens with zero attached hydrogens (tertiary/aromatic N) is 2. The second kappa shape index (κ2) is 6.70. The van der Waals surface area contributed by atoms with E-state index in [1.165, 1.54) is 12.1 Å². The number of rotatable bonds is 1. The average molecular weight is 289 g/mol. The molecular formula is C16H20FN3O. The van der Waals surface area contributed by atoms with Crippen molar-refractivity contribution in [1.29, 1.82) is 0 Å². The highest BCUT2D eigenvalue weighted by molar-refractivity contribution is 5.94. The third kappa shape index (κ3) is 3.60. The zero-order valence-corrected chi connectivity index (χ0v) is 12.4. The summed E-state index contributed by atoms with van der Waals surface area (Å²) in [6.45, 7) is 4.40. The van der Waals surface area contributed by atoms with Crippen LogP contribution in [0.25, 0.3) is 0 Å². The van der Waals surface area contributed by atoms with Crippen molar-refractivity contribution in [3.8, 4) is 11.8 Å². The summed E-state index contributed by atoms with van der Waals surface area (Å²) in [4.78, 5) is 16.4. The van der Waals surface area contributed by atoms with Crippen LogP contribution in [-0.4, -0.2) is 55.0 Å². The van der Waals surface area contributed by atoms with Crippen LogP contribution in [0.4, 0.5) is 4.39 Å². The Kier molecular flexibility index (Phi) is 4.94. The molecule has 0 aromatic heterocycles. The predicted molar refractivity (Wildman–Crippen MR) is 80.3 cm³/mol. The first-order valence-electron chi connectivity index (χ1n) is 7.01. The molecule has 5 heteroatoms. The van der Waals surface area contributed by atoms with Crippen molar-refractivity contribution < 1.29 is 9.18 Å². The van der Waals surface area contributed by atoms with Crippen LogP contribution < -0.4 is 5.73 Å². The van der Waals surface area contributed by atoms with E-state index in [1.54, 1.807) is 11.0 Å². The molecule has 1 heterocycles. The van der Waals surface area contributed by atoms with Gasteiger partial charge >= 0.3 is 0 Å². The Morgan fingerprint density at radius 2 is 2.24 bits per heavy atom. The van der Waals surface area contributed by atoms with E-state index in [2.05, 4.69) is 23.7 Å². The second-order valence-electron chi connectivity index (χ2n) is 5.28. The van der Waals surface area contributed by atoms with E-state index in [4.69, 9.17) is 5.73 Å². The lowest BCUT2D eigenvalue weighted by atomic mass is 10.1. The largest absolute Gasteiger partial charge is 0.336 e. The van der Waals surface area contributed by atoms with Crippen molar-refractivity contribution >= 4 is 5.91 Å². The molecule has 1 fully saturated rings. The fourth-order valence-corrected chi connectivity index (χ4v) is 2.31. The molecule has 2 N–H and O–H groups in total. The van der Waals surface area contributed by atoms with Gasteiger partial charge in [-0.2, -0.15) is 0 Å². The molecule has 0 bridgehead atoms. The number of hydrogen-bond acceptors (Lipinski definition) is 3. The SMILES string of the molecule is CC1CN(C(=O)c2ccc(C#CCN)c(F)c2)CCN1C. The van der Waals surface area contributed by atoms with Gasteiger partial charge in [-0.3, -0.25) is 4.79 Å². The van der Waals surface area contributed by atoms with Crippen LogP contribution in [-0.2, 0) is 0 Å². The molecule has 0 radical (unpaired) electrons. The molecule has 1 saturated heterocycles. The Balaban J connectivity index is 2.15. The molecule has 1 unspecified atom stereocenters. The van der Waals surface area contributed by atoms with Gasteiger partial charge in [0.25, 0.3) is 5.91 Å². The molecule has 1 aromatic carbocycles. The summed E-state index contributed by atoms with van der Waals surface area (Å²) in [6.07, 6.45) is 0. The van der Waals surface area contributed by atoms with Crippen LogP contribution in [0.3, 0.4) is 0 Å². The molecule has 112 valence electrons. The molecule has 0 aliphatic carbocycles. The molecule has 2 rings (SSSR count). The van der Waals surface area contributed by atoms with Crippen LogP contribution in [0.15, 0.2) is 18.2 Å². The summed E-state index contributed by atoms with van der Waals surface area (Å²) in [5.74, 6) is 4.64. The minimum Gasteiger partial charge on any atom is -0.336 e. The van der Waals surface area contributed by atoms with Gasteiger partial charge in [0.1, 0.15) is 5.82 Å². The lowest BCUT2D eigenvalue weighted by Crippen LogP contribution is -2.52. The number of likely N-dealkylation sites (N-methyl/N-ethyl adjacent to an activating group) is 1. The Bertz CT molecular complexity index is 591. The van der Waals surface area contributed by atoms with Gasteiger partial charge in [0, 0.05) is 31.2 Å². The highest BCUT2D eigenvalue weighted by Crippen LogP contribution is 2.15. The van der Waals surface area contributed by atoms with Gasteiger partial charge in [-0.1, -0.05) is 11.8 Å². The molecule has 1 aliphatic rings. The molecule has 0 saturated carbocycles. The first-order valence-corrected chi connectivity index (χ1v) is 7.01. The van der Waals surface area contributed by atoms with Gasteiger partial charge in [0.15, 0.2) is 0 Å². The summed E-state index contributed by atoms with van der Waals surface area (Å²) in [7, 11) is 2.04. The maximum atomic E-state index is 13.9. The molecule has 0 spiro atoms. The standard InChI is InChI=1S/C16H20FN3O/c1-12-11-20(9-8-19(12)2)16(21)14-6-5-13(4-3-7-18)15(17)10-14/h5-6,10,12H,7-9,11,18H2,1-2H3. The highest BCUT2D eigenvalue weighted by atomic mass is 19.1. The van der Waals surface area contributed by atoms with Crippen LogP contribution >= 0.6 is 0 Å². The summed E-state index contributed by atoms with van der Waals surface area (Å²) < 4.78 is 13.9. The van der Waals surface area contributed by atoms with Crippen LogP contribution in [0.5, 0.6) is 0 Å². The van der Waals surface area contributed by atoms with Crippen molar-refractivity contribution in [2.75, 3.05) is 33.2 Å². The van der Waals surface area contributed by atoms with Gasteiger partial charge < -0.3 is 15.5 Å². The first-order chi connectivity index (χ1) is 10.0. The lowest BCUT2D eigenvalue weighted by Gasteiger charge is -2.37. The number of piperazine rings is 1. The Morgan fingerprint density at radius 3 is 2.86 bits per heavy atom. The van der Waals surface area contributed by atoms with Gasteiger partial charge in [-0.15, -0.1) is 0 Å². The van der Waals surface area contributed by atoms with E-state index in [0.717, 1.165) is 6.54 Å². The first kappa shape index (κ1) is 15.5. The summed E-state index contributed by atoms with van der Waals surface area (Å²) in [5.41, 5.74) is 5.90. The van der Waals surface area contributed by atoms with Crippen molar-refractivity contribution in [1.82, 2.24) is 9.80 Å². The fourth-order valence-electron chi connectivity index (χ4n) is 2.31.